The van der Waals surface area contributed by atoms with Crippen molar-refractivity contribution in [1.29, 1.82) is 0 Å². The highest BCUT2D eigenvalue weighted by Crippen LogP contribution is 2.19. The van der Waals surface area contributed by atoms with Gasteiger partial charge in [0.1, 0.15) is 0 Å². The lowest BCUT2D eigenvalue weighted by molar-refractivity contribution is 0.213. The molecule has 1 atom stereocenters. The second-order valence-electron chi connectivity index (χ2n) is 4.39. The Balaban J connectivity index is 2.63. The molecule has 0 bridgehead atoms. The Hall–Kier alpha value is -0.930. The summed E-state index contributed by atoms with van der Waals surface area (Å²) in [6, 6.07) is 10.9. The minimum atomic E-state index is -0.242. The van der Waals surface area contributed by atoms with Crippen LogP contribution < -0.4 is 5.32 Å². The molecule has 0 aromatic heterocycles. The van der Waals surface area contributed by atoms with Crippen LogP contribution in [0.4, 0.5) is 4.39 Å². The highest BCUT2D eigenvalue weighted by atomic mass is 19.1. The Labute approximate surface area is 110 Å². The van der Waals surface area contributed by atoms with Crippen LogP contribution in [0.2, 0.25) is 0 Å². The van der Waals surface area contributed by atoms with Gasteiger partial charge in [-0.15, -0.1) is 0 Å². The van der Waals surface area contributed by atoms with Gasteiger partial charge in [0.2, 0.25) is 0 Å². The van der Waals surface area contributed by atoms with Crippen LogP contribution in [0.25, 0.3) is 0 Å². The van der Waals surface area contributed by atoms with E-state index in [1.54, 1.807) is 0 Å². The van der Waals surface area contributed by atoms with Crippen molar-refractivity contribution in [3.63, 3.8) is 0 Å². The molecule has 0 saturated heterocycles. The summed E-state index contributed by atoms with van der Waals surface area (Å²) in [5, 5.41) is 3.35. The maximum Gasteiger partial charge on any atom is 0.0906 e. The van der Waals surface area contributed by atoms with E-state index in [1.807, 2.05) is 6.07 Å². The first-order chi connectivity index (χ1) is 8.83. The van der Waals surface area contributed by atoms with E-state index < -0.39 is 0 Å². The molecule has 1 N–H and O–H groups in total. The second kappa shape index (κ2) is 9.06. The molecule has 3 heteroatoms. The Morgan fingerprint density at radius 1 is 1.17 bits per heavy atom. The lowest BCUT2D eigenvalue weighted by Crippen LogP contribution is -2.36. The highest BCUT2D eigenvalue weighted by molar-refractivity contribution is 5.19. The highest BCUT2D eigenvalue weighted by Gasteiger charge is 2.16. The molecule has 0 heterocycles. The van der Waals surface area contributed by atoms with E-state index in [4.69, 9.17) is 0 Å². The van der Waals surface area contributed by atoms with Gasteiger partial charge in [0.15, 0.2) is 0 Å². The van der Waals surface area contributed by atoms with Gasteiger partial charge in [-0.3, -0.25) is 9.29 Å². The molecule has 0 saturated carbocycles. The van der Waals surface area contributed by atoms with Crippen LogP contribution in [0, 0.1) is 0 Å². The first kappa shape index (κ1) is 15.1. The van der Waals surface area contributed by atoms with Crippen molar-refractivity contribution in [2.45, 2.75) is 26.3 Å². The zero-order chi connectivity index (χ0) is 13.2. The monoisotopic (exact) mass is 252 g/mol. The minimum absolute atomic E-state index is 0.242. The lowest BCUT2D eigenvalue weighted by atomic mass is 10.1. The maximum atomic E-state index is 12.1. The van der Waals surface area contributed by atoms with Gasteiger partial charge in [-0.05, 0) is 31.6 Å². The van der Waals surface area contributed by atoms with Crippen LogP contribution in [-0.2, 0) is 0 Å². The van der Waals surface area contributed by atoms with Gasteiger partial charge in [-0.2, -0.15) is 0 Å². The minimum Gasteiger partial charge on any atom is -0.315 e. The molecule has 0 aliphatic rings. The van der Waals surface area contributed by atoms with Gasteiger partial charge in [-0.25, -0.2) is 0 Å². The topological polar surface area (TPSA) is 15.3 Å². The molecule has 1 aromatic carbocycles. The average molecular weight is 252 g/mol. The molecule has 0 aliphatic heterocycles. The average Bonchev–Trinajstić information content (AvgIpc) is 2.43. The van der Waals surface area contributed by atoms with Crippen molar-refractivity contribution < 1.29 is 4.39 Å². The summed E-state index contributed by atoms with van der Waals surface area (Å²) in [6.07, 6.45) is 0.597. The van der Waals surface area contributed by atoms with Gasteiger partial charge < -0.3 is 5.32 Å². The van der Waals surface area contributed by atoms with Crippen molar-refractivity contribution in [1.82, 2.24) is 10.2 Å². The third-order valence-corrected chi connectivity index (χ3v) is 3.26. The molecule has 0 radical (unpaired) electrons. The molecule has 1 rings (SSSR count). The molecule has 0 amide bonds. The van der Waals surface area contributed by atoms with Crippen molar-refractivity contribution in [2.24, 2.45) is 0 Å². The smallest absolute Gasteiger partial charge is 0.0906 e. The number of hydrogen-bond acceptors (Lipinski definition) is 2. The molecule has 2 nitrogen and oxygen atoms in total. The molecular weight excluding hydrogens is 227 g/mol. The number of likely N-dealkylation sites (N-methyl/N-ethyl adjacent to an activating group) is 1. The Kier molecular flexibility index (Phi) is 7.62. The molecular formula is C15H25FN2. The van der Waals surface area contributed by atoms with Crippen LogP contribution >= 0.6 is 0 Å². The summed E-state index contributed by atoms with van der Waals surface area (Å²) in [5.41, 5.74) is 1.33. The summed E-state index contributed by atoms with van der Waals surface area (Å²) >= 11 is 0. The fourth-order valence-corrected chi connectivity index (χ4v) is 2.23. The van der Waals surface area contributed by atoms with E-state index in [0.717, 1.165) is 26.2 Å². The number of halogens is 1. The van der Waals surface area contributed by atoms with Gasteiger partial charge in [0.25, 0.3) is 0 Å². The number of alkyl halides is 1. The van der Waals surface area contributed by atoms with E-state index in [-0.39, 0.29) is 6.67 Å². The lowest BCUT2D eigenvalue weighted by Gasteiger charge is -2.30. The van der Waals surface area contributed by atoms with E-state index in [0.29, 0.717) is 12.5 Å². The number of hydrogen-bond donors (Lipinski definition) is 1. The van der Waals surface area contributed by atoms with Crippen molar-refractivity contribution >= 4 is 0 Å². The normalized spacial score (nSPS) is 12.9. The van der Waals surface area contributed by atoms with E-state index in [9.17, 15) is 4.39 Å². The van der Waals surface area contributed by atoms with Crippen LogP contribution in [0.15, 0.2) is 30.3 Å². The van der Waals surface area contributed by atoms with Crippen LogP contribution in [0.3, 0.4) is 0 Å². The third-order valence-electron chi connectivity index (χ3n) is 3.26. The summed E-state index contributed by atoms with van der Waals surface area (Å²) < 4.78 is 12.1. The van der Waals surface area contributed by atoms with E-state index in [1.165, 1.54) is 5.56 Å². The van der Waals surface area contributed by atoms with Crippen molar-refractivity contribution in [3.8, 4) is 0 Å². The Morgan fingerprint density at radius 2 is 1.83 bits per heavy atom. The second-order valence-corrected chi connectivity index (χ2v) is 4.39. The quantitative estimate of drug-likeness (QED) is 0.680. The van der Waals surface area contributed by atoms with Gasteiger partial charge in [0, 0.05) is 12.6 Å². The van der Waals surface area contributed by atoms with E-state index >= 15 is 0 Å². The Morgan fingerprint density at radius 3 is 2.39 bits per heavy atom. The predicted octanol–water partition coefficient (Wildman–Crippen LogP) is 3.02. The zero-order valence-electron chi connectivity index (χ0n) is 11.5. The summed E-state index contributed by atoms with van der Waals surface area (Å²) in [7, 11) is 0. The van der Waals surface area contributed by atoms with Crippen LogP contribution in [-0.4, -0.2) is 37.8 Å². The maximum absolute atomic E-state index is 12.1. The van der Waals surface area contributed by atoms with Gasteiger partial charge >= 0.3 is 0 Å². The SMILES string of the molecule is CCN(CC)C(CNCCCF)c1ccccc1. The molecule has 0 fully saturated rings. The fourth-order valence-electron chi connectivity index (χ4n) is 2.23. The fraction of sp³-hybridized carbons (Fsp3) is 0.600. The first-order valence-corrected chi connectivity index (χ1v) is 6.89. The summed E-state index contributed by atoms with van der Waals surface area (Å²) in [6.45, 7) is 7.81. The first-order valence-electron chi connectivity index (χ1n) is 6.89. The standard InChI is InChI=1S/C15H25FN2/c1-3-18(4-2)15(13-17-12-8-11-16)14-9-6-5-7-10-14/h5-7,9-10,15,17H,3-4,8,11-13H2,1-2H3. The third kappa shape index (κ3) is 4.75. The molecule has 0 aliphatic carbocycles. The molecule has 18 heavy (non-hydrogen) atoms. The van der Waals surface area contributed by atoms with Crippen LogP contribution in [0.1, 0.15) is 31.9 Å². The zero-order valence-corrected chi connectivity index (χ0v) is 11.5. The van der Waals surface area contributed by atoms with Crippen LogP contribution in [0.5, 0.6) is 0 Å². The van der Waals surface area contributed by atoms with E-state index in [2.05, 4.69) is 48.3 Å². The number of benzene rings is 1. The summed E-state index contributed by atoms with van der Waals surface area (Å²) in [4.78, 5) is 2.43. The van der Waals surface area contributed by atoms with Crippen molar-refractivity contribution in [2.75, 3.05) is 32.9 Å². The number of rotatable bonds is 9. The number of nitrogens with zero attached hydrogens (tertiary/aromatic N) is 1. The Bertz CT molecular complexity index is 299. The van der Waals surface area contributed by atoms with Gasteiger partial charge in [0.05, 0.1) is 6.67 Å². The largest absolute Gasteiger partial charge is 0.315 e. The molecule has 1 aromatic rings. The van der Waals surface area contributed by atoms with Gasteiger partial charge in [-0.1, -0.05) is 44.2 Å². The van der Waals surface area contributed by atoms with Crippen molar-refractivity contribution in [3.05, 3.63) is 35.9 Å². The molecule has 102 valence electrons. The number of nitrogens with one attached hydrogen (secondary N) is 1. The molecule has 0 spiro atoms. The molecule has 1 unspecified atom stereocenters. The predicted molar refractivity (Wildman–Crippen MR) is 75.6 cm³/mol. The summed E-state index contributed by atoms with van der Waals surface area (Å²) in [5.74, 6) is 0.